The van der Waals surface area contributed by atoms with Crippen molar-refractivity contribution in [2.75, 3.05) is 23.9 Å². The van der Waals surface area contributed by atoms with Crippen LogP contribution in [0.5, 0.6) is 0 Å². The number of hydrogen-bond acceptors (Lipinski definition) is 6. The number of halogens is 4. The second-order valence-corrected chi connectivity index (χ2v) is 7.09. The molecular formula is C20H21F4N5O2. The number of carbonyl (C=O) groups is 2. The van der Waals surface area contributed by atoms with Crippen LogP contribution in [0.25, 0.3) is 0 Å². The van der Waals surface area contributed by atoms with Gasteiger partial charge in [0.25, 0.3) is 0 Å². The van der Waals surface area contributed by atoms with Gasteiger partial charge in [0.1, 0.15) is 24.3 Å². The Morgan fingerprint density at radius 3 is 2.58 bits per heavy atom. The van der Waals surface area contributed by atoms with E-state index in [0.29, 0.717) is 43.0 Å². The lowest BCUT2D eigenvalue weighted by atomic mass is 10.0. The van der Waals surface area contributed by atoms with Crippen LogP contribution in [0.2, 0.25) is 0 Å². The Morgan fingerprint density at radius 2 is 1.94 bits per heavy atom. The van der Waals surface area contributed by atoms with E-state index in [1.165, 1.54) is 12.1 Å². The first-order valence-corrected chi connectivity index (χ1v) is 9.68. The average molecular weight is 439 g/mol. The van der Waals surface area contributed by atoms with E-state index in [1.54, 1.807) is 12.1 Å². The van der Waals surface area contributed by atoms with Gasteiger partial charge in [-0.25, -0.2) is 9.37 Å². The maximum atomic E-state index is 13.5. The second-order valence-electron chi connectivity index (χ2n) is 7.09. The molecule has 0 spiro atoms. The van der Waals surface area contributed by atoms with Crippen molar-refractivity contribution in [2.24, 2.45) is 5.92 Å². The number of anilines is 3. The SMILES string of the molecule is O=Cc1ccc(Nc2ncc(C(F)(F)F)c(NC3CCCC3C(=O)NCCF)n2)cc1. The molecule has 2 atom stereocenters. The second kappa shape index (κ2) is 9.71. The topological polar surface area (TPSA) is 96.0 Å². The largest absolute Gasteiger partial charge is 0.421 e. The van der Waals surface area contributed by atoms with Gasteiger partial charge in [-0.3, -0.25) is 9.59 Å². The molecule has 31 heavy (non-hydrogen) atoms. The normalized spacial score (nSPS) is 18.5. The predicted molar refractivity (Wildman–Crippen MR) is 106 cm³/mol. The zero-order chi connectivity index (χ0) is 22.4. The van der Waals surface area contributed by atoms with E-state index in [9.17, 15) is 27.2 Å². The fourth-order valence-corrected chi connectivity index (χ4v) is 3.46. The Kier molecular flexibility index (Phi) is 7.03. The molecule has 2 unspecified atom stereocenters. The number of benzene rings is 1. The third kappa shape index (κ3) is 5.68. The standard InChI is InChI=1S/C20H21F4N5O2/c21-8-9-25-18(31)14-2-1-3-16(14)28-17-15(20(22,23)24)10-26-19(29-17)27-13-6-4-12(11-30)5-7-13/h4-7,10-11,14,16H,1-3,8-9H2,(H,25,31)(H2,26,27,28,29). The molecule has 1 heterocycles. The van der Waals surface area contributed by atoms with Crippen LogP contribution in [0.3, 0.4) is 0 Å². The highest BCUT2D eigenvalue weighted by Gasteiger charge is 2.38. The minimum Gasteiger partial charge on any atom is -0.366 e. The first kappa shape index (κ1) is 22.4. The van der Waals surface area contributed by atoms with E-state index < -0.39 is 42.1 Å². The molecule has 3 rings (SSSR count). The smallest absolute Gasteiger partial charge is 0.366 e. The molecule has 11 heteroatoms. The van der Waals surface area contributed by atoms with E-state index in [4.69, 9.17) is 0 Å². The highest BCUT2D eigenvalue weighted by molar-refractivity contribution is 5.80. The van der Waals surface area contributed by atoms with Crippen molar-refractivity contribution in [1.29, 1.82) is 0 Å². The fourth-order valence-electron chi connectivity index (χ4n) is 3.46. The molecule has 1 aromatic heterocycles. The van der Waals surface area contributed by atoms with Crippen LogP contribution in [0.15, 0.2) is 30.5 Å². The maximum Gasteiger partial charge on any atom is 0.421 e. The van der Waals surface area contributed by atoms with Crippen molar-refractivity contribution in [3.8, 4) is 0 Å². The van der Waals surface area contributed by atoms with Crippen LogP contribution in [-0.2, 0) is 11.0 Å². The predicted octanol–water partition coefficient (Wildman–Crippen LogP) is 3.72. The minimum absolute atomic E-state index is 0.0780. The molecule has 1 aromatic carbocycles. The van der Waals surface area contributed by atoms with Crippen LogP contribution < -0.4 is 16.0 Å². The fraction of sp³-hybridized carbons (Fsp3) is 0.400. The summed E-state index contributed by atoms with van der Waals surface area (Å²) in [5.74, 6) is -1.51. The summed E-state index contributed by atoms with van der Waals surface area (Å²) in [5.41, 5.74) is -0.121. The van der Waals surface area contributed by atoms with Crippen molar-refractivity contribution in [1.82, 2.24) is 15.3 Å². The molecule has 1 aliphatic carbocycles. The van der Waals surface area contributed by atoms with Crippen LogP contribution in [0.4, 0.5) is 35.0 Å². The van der Waals surface area contributed by atoms with Crippen molar-refractivity contribution in [2.45, 2.75) is 31.5 Å². The molecule has 2 aromatic rings. The van der Waals surface area contributed by atoms with E-state index in [2.05, 4.69) is 25.9 Å². The van der Waals surface area contributed by atoms with Crippen molar-refractivity contribution < 1.29 is 27.2 Å². The maximum absolute atomic E-state index is 13.5. The number of rotatable bonds is 8. The highest BCUT2D eigenvalue weighted by atomic mass is 19.4. The van der Waals surface area contributed by atoms with Crippen molar-refractivity contribution in [3.05, 3.63) is 41.6 Å². The lowest BCUT2D eigenvalue weighted by Gasteiger charge is -2.23. The van der Waals surface area contributed by atoms with Gasteiger partial charge in [-0.15, -0.1) is 0 Å². The lowest BCUT2D eigenvalue weighted by Crippen LogP contribution is -2.39. The Hall–Kier alpha value is -3.24. The van der Waals surface area contributed by atoms with E-state index in [-0.39, 0.29) is 12.5 Å². The summed E-state index contributed by atoms with van der Waals surface area (Å²) in [6, 6.07) is 5.64. The molecule has 1 saturated carbocycles. The summed E-state index contributed by atoms with van der Waals surface area (Å²) in [6.07, 6.45) is -1.75. The molecule has 0 bridgehead atoms. The summed E-state index contributed by atoms with van der Waals surface area (Å²) in [4.78, 5) is 30.7. The van der Waals surface area contributed by atoms with Gasteiger partial charge in [0.05, 0.1) is 5.92 Å². The number of alkyl halides is 4. The molecule has 1 amide bonds. The number of aldehydes is 1. The van der Waals surface area contributed by atoms with Gasteiger partial charge in [0, 0.05) is 30.0 Å². The Balaban J connectivity index is 1.83. The third-order valence-electron chi connectivity index (χ3n) is 4.97. The molecule has 0 saturated heterocycles. The molecule has 1 aliphatic rings. The van der Waals surface area contributed by atoms with Gasteiger partial charge in [-0.1, -0.05) is 6.42 Å². The number of nitrogens with zero attached hydrogens (tertiary/aromatic N) is 2. The third-order valence-corrected chi connectivity index (χ3v) is 4.97. The van der Waals surface area contributed by atoms with Crippen molar-refractivity contribution in [3.63, 3.8) is 0 Å². The number of nitrogens with one attached hydrogen (secondary N) is 3. The Labute approximate surface area is 175 Å². The molecule has 166 valence electrons. The summed E-state index contributed by atoms with van der Waals surface area (Å²) in [7, 11) is 0. The van der Waals surface area contributed by atoms with Gasteiger partial charge in [0.2, 0.25) is 11.9 Å². The number of hydrogen-bond donors (Lipinski definition) is 3. The summed E-state index contributed by atoms with van der Waals surface area (Å²) >= 11 is 0. The van der Waals surface area contributed by atoms with E-state index >= 15 is 0 Å². The zero-order valence-electron chi connectivity index (χ0n) is 16.4. The van der Waals surface area contributed by atoms with Gasteiger partial charge in [-0.05, 0) is 37.1 Å². The molecule has 1 fully saturated rings. The first-order chi connectivity index (χ1) is 14.8. The van der Waals surface area contributed by atoms with E-state index in [1.807, 2.05) is 0 Å². The molecule has 3 N–H and O–H groups in total. The quantitative estimate of drug-likeness (QED) is 0.429. The molecule has 0 radical (unpaired) electrons. The molecule has 7 nitrogen and oxygen atoms in total. The number of aromatic nitrogens is 2. The van der Waals surface area contributed by atoms with E-state index in [0.717, 1.165) is 0 Å². The van der Waals surface area contributed by atoms with Gasteiger partial charge in [0.15, 0.2) is 0 Å². The summed E-state index contributed by atoms with van der Waals surface area (Å²) in [5, 5.41) is 7.99. The van der Waals surface area contributed by atoms with Gasteiger partial charge in [-0.2, -0.15) is 18.2 Å². The van der Waals surface area contributed by atoms with Crippen LogP contribution in [-0.4, -0.2) is 41.4 Å². The minimum atomic E-state index is -4.70. The van der Waals surface area contributed by atoms with Gasteiger partial charge < -0.3 is 16.0 Å². The number of amides is 1. The Bertz CT molecular complexity index is 921. The molecule has 0 aliphatic heterocycles. The first-order valence-electron chi connectivity index (χ1n) is 9.68. The summed E-state index contributed by atoms with van der Waals surface area (Å²) < 4.78 is 52.8. The highest BCUT2D eigenvalue weighted by Crippen LogP contribution is 2.36. The Morgan fingerprint density at radius 1 is 1.19 bits per heavy atom. The van der Waals surface area contributed by atoms with Crippen LogP contribution in [0.1, 0.15) is 35.2 Å². The molecular weight excluding hydrogens is 418 g/mol. The number of carbonyl (C=O) groups excluding carboxylic acids is 2. The summed E-state index contributed by atoms with van der Waals surface area (Å²) in [6.45, 7) is -0.857. The van der Waals surface area contributed by atoms with Crippen molar-refractivity contribution >= 4 is 29.6 Å². The van der Waals surface area contributed by atoms with Crippen LogP contribution in [0, 0.1) is 5.92 Å². The van der Waals surface area contributed by atoms with Crippen LogP contribution >= 0.6 is 0 Å². The average Bonchev–Trinajstić information content (AvgIpc) is 3.20. The lowest BCUT2D eigenvalue weighted by molar-refractivity contribution is -0.137. The zero-order valence-corrected chi connectivity index (χ0v) is 16.4. The van der Waals surface area contributed by atoms with Gasteiger partial charge >= 0.3 is 6.18 Å². The monoisotopic (exact) mass is 439 g/mol.